The zero-order chi connectivity index (χ0) is 31.5. The zero-order valence-corrected chi connectivity index (χ0v) is 24.1. The molecule has 224 valence electrons. The number of hydrogen-bond donors (Lipinski definition) is 4. The van der Waals surface area contributed by atoms with Crippen LogP contribution in [0, 0.1) is 33.9 Å². The van der Waals surface area contributed by atoms with Gasteiger partial charge in [0.1, 0.15) is 25.8 Å². The lowest BCUT2D eigenvalue weighted by molar-refractivity contribution is -0.195. The first kappa shape index (κ1) is 29.6. The predicted octanol–water partition coefficient (Wildman–Crippen LogP) is 5.80. The number of alkyl halides is 3. The summed E-state index contributed by atoms with van der Waals surface area (Å²) in [5.74, 6) is -0.517. The van der Waals surface area contributed by atoms with Gasteiger partial charge in [-0.25, -0.2) is 4.39 Å². The molecule has 1 aromatic heterocycles. The van der Waals surface area contributed by atoms with Crippen molar-refractivity contribution in [2.24, 2.45) is 5.41 Å². The highest BCUT2D eigenvalue weighted by atomic mass is 19.4. The Morgan fingerprint density at radius 3 is 2.36 bits per heavy atom. The Kier molecular flexibility index (Phi) is 6.93. The zero-order valence-electron chi connectivity index (χ0n) is 24.1. The van der Waals surface area contributed by atoms with Crippen molar-refractivity contribution < 1.29 is 17.6 Å². The second kappa shape index (κ2) is 10.3. The highest BCUT2D eigenvalue weighted by Crippen LogP contribution is 2.54. The minimum absolute atomic E-state index is 0.0277. The first-order valence-electron chi connectivity index (χ1n) is 14.3. The number of nitrogens with one attached hydrogen (secondary N) is 4. The van der Waals surface area contributed by atoms with E-state index in [1.54, 1.807) is 6.07 Å². The Hall–Kier alpha value is -4.49. The molecule has 0 saturated heterocycles. The maximum absolute atomic E-state index is 13.9. The van der Waals surface area contributed by atoms with Crippen LogP contribution in [-0.4, -0.2) is 35.6 Å². The van der Waals surface area contributed by atoms with Gasteiger partial charge >= 0.3 is 6.18 Å². The predicted molar refractivity (Wildman–Crippen MR) is 158 cm³/mol. The van der Waals surface area contributed by atoms with Crippen molar-refractivity contribution in [2.75, 3.05) is 10.6 Å². The van der Waals surface area contributed by atoms with Crippen molar-refractivity contribution in [2.45, 2.75) is 69.1 Å². The fraction of sp³-hybridized carbons (Fsp3) is 0.387. The van der Waals surface area contributed by atoms with Crippen LogP contribution >= 0.6 is 0 Å². The number of halogens is 4. The van der Waals surface area contributed by atoms with Gasteiger partial charge in [-0.3, -0.25) is 9.99 Å². The fourth-order valence-corrected chi connectivity index (χ4v) is 6.23. The summed E-state index contributed by atoms with van der Waals surface area (Å²) in [6.45, 7) is 4.33. The summed E-state index contributed by atoms with van der Waals surface area (Å²) < 4.78 is 55.7. The standard InChI is InChI=1S/C31H29BF4N8/c1-28(2)9-3-4-24(28)40-27-19(15-38)16-39-26-18(14-37)12-22(13-23(26)27)41-30(32,20-5-7-21(33)8-6-20)25-17-44(43-42-25)29(10-11-29)31(34,35)36/h5-8,12-13,16-17,24,41-43H,3-4,9-11H2,1-2H3,(H,39,40). The molecular formula is C31H29BF4N8. The number of aromatic nitrogens is 1. The molecule has 2 atom stereocenters. The Morgan fingerprint density at radius 2 is 1.77 bits per heavy atom. The van der Waals surface area contributed by atoms with Gasteiger partial charge in [-0.2, -0.15) is 23.7 Å². The number of nitriles is 2. The summed E-state index contributed by atoms with van der Waals surface area (Å²) in [5, 5.41) is 28.3. The molecule has 8 nitrogen and oxygen atoms in total. The molecule has 2 radical (unpaired) electrons. The largest absolute Gasteiger partial charge is 0.413 e. The van der Waals surface area contributed by atoms with E-state index >= 15 is 0 Å². The van der Waals surface area contributed by atoms with Crippen molar-refractivity contribution in [1.29, 1.82) is 10.5 Å². The molecule has 2 aliphatic carbocycles. The van der Waals surface area contributed by atoms with E-state index in [1.807, 2.05) is 0 Å². The SMILES string of the molecule is [B]C(Nc1cc(C#N)c2ncc(C#N)c(NC3CCCC3(C)C)c2c1)(C1=CN(C2(C(F)(F)F)CC2)NN1)c1ccc(F)cc1. The Balaban J connectivity index is 1.46. The van der Waals surface area contributed by atoms with E-state index in [2.05, 4.69) is 52.6 Å². The van der Waals surface area contributed by atoms with Gasteiger partial charge in [-0.05, 0) is 60.9 Å². The lowest BCUT2D eigenvalue weighted by Crippen LogP contribution is -2.53. The van der Waals surface area contributed by atoms with E-state index in [4.69, 9.17) is 7.85 Å². The molecule has 2 saturated carbocycles. The highest BCUT2D eigenvalue weighted by molar-refractivity contribution is 6.19. The topological polar surface area (TPSA) is 112 Å². The summed E-state index contributed by atoms with van der Waals surface area (Å²) in [6, 6.07) is 12.9. The monoisotopic (exact) mass is 600 g/mol. The number of fused-ring (bicyclic) bond motifs is 1. The summed E-state index contributed by atoms with van der Waals surface area (Å²) >= 11 is 0. The second-order valence-corrected chi connectivity index (χ2v) is 12.4. The molecule has 0 amide bonds. The lowest BCUT2D eigenvalue weighted by atomic mass is 9.69. The van der Waals surface area contributed by atoms with E-state index < -0.39 is 23.0 Å². The van der Waals surface area contributed by atoms with Gasteiger partial charge in [0.05, 0.1) is 33.5 Å². The third-order valence-corrected chi connectivity index (χ3v) is 9.14. The second-order valence-electron chi connectivity index (χ2n) is 12.4. The van der Waals surface area contributed by atoms with Crippen molar-refractivity contribution in [3.63, 3.8) is 0 Å². The van der Waals surface area contributed by atoms with E-state index in [0.717, 1.165) is 24.3 Å². The van der Waals surface area contributed by atoms with E-state index in [1.165, 1.54) is 42.7 Å². The number of anilines is 2. The lowest BCUT2D eigenvalue weighted by Gasteiger charge is -2.34. The third-order valence-electron chi connectivity index (χ3n) is 9.14. The van der Waals surface area contributed by atoms with Gasteiger partial charge in [0.25, 0.3) is 0 Å². The maximum Gasteiger partial charge on any atom is 0.413 e. The van der Waals surface area contributed by atoms with Gasteiger partial charge in [-0.15, -0.1) is 5.53 Å². The number of nitrogens with zero attached hydrogens (tertiary/aromatic N) is 4. The van der Waals surface area contributed by atoms with E-state index in [9.17, 15) is 28.1 Å². The molecule has 2 unspecified atom stereocenters. The smallest absolute Gasteiger partial charge is 0.380 e. The van der Waals surface area contributed by atoms with Gasteiger partial charge in [0, 0.05) is 29.5 Å². The van der Waals surface area contributed by atoms with Crippen molar-refractivity contribution >= 4 is 30.1 Å². The molecule has 0 spiro atoms. The van der Waals surface area contributed by atoms with Crippen LogP contribution in [0.5, 0.6) is 0 Å². The Morgan fingerprint density at radius 1 is 1.07 bits per heavy atom. The molecule has 13 heteroatoms. The number of hydrazine groups is 2. The molecule has 3 aliphatic rings. The summed E-state index contributed by atoms with van der Waals surface area (Å²) in [5.41, 5.74) is 3.78. The van der Waals surface area contributed by atoms with Crippen molar-refractivity contribution in [1.82, 2.24) is 21.0 Å². The van der Waals surface area contributed by atoms with Crippen molar-refractivity contribution in [3.8, 4) is 12.1 Å². The van der Waals surface area contributed by atoms with Crippen LogP contribution in [0.25, 0.3) is 10.9 Å². The van der Waals surface area contributed by atoms with Crippen LogP contribution in [0.15, 0.2) is 54.5 Å². The first-order valence-corrected chi connectivity index (χ1v) is 14.3. The summed E-state index contributed by atoms with van der Waals surface area (Å²) in [4.78, 5) is 4.41. The van der Waals surface area contributed by atoms with E-state index in [-0.39, 0.29) is 35.6 Å². The maximum atomic E-state index is 13.9. The molecule has 1 aliphatic heterocycles. The fourth-order valence-electron chi connectivity index (χ4n) is 6.23. The number of pyridine rings is 1. The molecule has 2 heterocycles. The minimum Gasteiger partial charge on any atom is -0.380 e. The molecule has 4 N–H and O–H groups in total. The Bertz CT molecular complexity index is 1740. The van der Waals surface area contributed by atoms with Crippen LogP contribution in [0.2, 0.25) is 0 Å². The van der Waals surface area contributed by atoms with Gasteiger partial charge in [0.2, 0.25) is 0 Å². The molecule has 3 aromatic rings. The minimum atomic E-state index is -4.49. The quantitative estimate of drug-likeness (QED) is 0.199. The summed E-state index contributed by atoms with van der Waals surface area (Å²) in [7, 11) is 6.96. The summed E-state index contributed by atoms with van der Waals surface area (Å²) in [6.07, 6.45) is 0.982. The number of rotatable bonds is 7. The molecule has 0 bridgehead atoms. The van der Waals surface area contributed by atoms with Crippen LogP contribution < -0.4 is 21.6 Å². The average molecular weight is 600 g/mol. The Labute approximate surface area is 253 Å². The highest BCUT2D eigenvalue weighted by Gasteiger charge is 2.67. The molecule has 44 heavy (non-hydrogen) atoms. The molecule has 2 fully saturated rings. The van der Waals surface area contributed by atoms with Crippen LogP contribution in [0.3, 0.4) is 0 Å². The van der Waals surface area contributed by atoms with Gasteiger partial charge in [-0.1, -0.05) is 32.4 Å². The van der Waals surface area contributed by atoms with Crippen LogP contribution in [0.4, 0.5) is 28.9 Å². The number of hydrogen-bond acceptors (Lipinski definition) is 8. The molecule has 6 rings (SSSR count). The van der Waals surface area contributed by atoms with Crippen LogP contribution in [0.1, 0.15) is 62.6 Å². The third kappa shape index (κ3) is 4.85. The normalized spacial score (nSPS) is 21.5. The first-order chi connectivity index (χ1) is 20.8. The van der Waals surface area contributed by atoms with Crippen LogP contribution in [-0.2, 0) is 5.44 Å². The van der Waals surface area contributed by atoms with Gasteiger partial charge in [0.15, 0.2) is 5.54 Å². The molecular weight excluding hydrogens is 571 g/mol. The van der Waals surface area contributed by atoms with E-state index in [0.29, 0.717) is 33.4 Å². The van der Waals surface area contributed by atoms with Crippen molar-refractivity contribution in [3.05, 3.63) is 77.0 Å². The van der Waals surface area contributed by atoms with Gasteiger partial charge < -0.3 is 16.1 Å². The molecule has 2 aromatic carbocycles. The average Bonchev–Trinajstić information content (AvgIpc) is 3.54. The number of benzene rings is 2.